The third-order valence-corrected chi connectivity index (χ3v) is 5.89. The smallest absolute Gasteiger partial charge is 0.234 e. The van der Waals surface area contributed by atoms with Crippen LogP contribution in [-0.2, 0) is 11.3 Å². The van der Waals surface area contributed by atoms with Gasteiger partial charge in [-0.15, -0.1) is 11.3 Å². The molecule has 0 bridgehead atoms. The zero-order valence-corrected chi connectivity index (χ0v) is 15.3. The molecule has 118 valence electrons. The number of rotatable bonds is 6. The third kappa shape index (κ3) is 5.38. The van der Waals surface area contributed by atoms with Gasteiger partial charge >= 0.3 is 0 Å². The predicted octanol–water partition coefficient (Wildman–Crippen LogP) is 4.03. The second kappa shape index (κ2) is 8.30. The summed E-state index contributed by atoms with van der Waals surface area (Å²) in [6.07, 6.45) is 4.93. The number of halogens is 1. The molecule has 5 heteroatoms. The Labute approximate surface area is 140 Å². The predicted molar refractivity (Wildman–Crippen MR) is 92.5 cm³/mol. The van der Waals surface area contributed by atoms with E-state index in [0.717, 1.165) is 23.3 Å². The van der Waals surface area contributed by atoms with Crippen LogP contribution in [0.25, 0.3) is 0 Å². The number of carbonyl (C=O) groups is 1. The fraction of sp³-hybridized carbons (Fsp3) is 0.688. The standard InChI is InChI=1S/C16H25BrN2OS/c1-3-19(10-13-8-9-15(17)21-13)11-16(20)18-14-7-5-4-6-12(14)2/h8-9,12,14H,3-7,10-11H2,1-2H3,(H,18,20)/t12-,14-/m0/s1. The molecule has 2 rings (SSSR count). The minimum atomic E-state index is 0.172. The van der Waals surface area contributed by atoms with Crippen LogP contribution in [0.1, 0.15) is 44.4 Å². The van der Waals surface area contributed by atoms with Gasteiger partial charge in [-0.1, -0.05) is 26.7 Å². The van der Waals surface area contributed by atoms with Crippen LogP contribution in [0.2, 0.25) is 0 Å². The van der Waals surface area contributed by atoms with Crippen LogP contribution >= 0.6 is 27.3 Å². The van der Waals surface area contributed by atoms with Crippen molar-refractivity contribution >= 4 is 33.2 Å². The van der Waals surface area contributed by atoms with Crippen LogP contribution in [0.4, 0.5) is 0 Å². The van der Waals surface area contributed by atoms with E-state index in [9.17, 15) is 4.79 Å². The molecule has 1 heterocycles. The number of likely N-dealkylation sites (N-methyl/N-ethyl adjacent to an activating group) is 1. The van der Waals surface area contributed by atoms with Crippen molar-refractivity contribution in [2.24, 2.45) is 5.92 Å². The highest BCUT2D eigenvalue weighted by molar-refractivity contribution is 9.11. The maximum absolute atomic E-state index is 12.3. The second-order valence-corrected chi connectivity index (χ2v) is 8.49. The molecule has 1 aliphatic rings. The summed E-state index contributed by atoms with van der Waals surface area (Å²) in [5.74, 6) is 0.789. The summed E-state index contributed by atoms with van der Waals surface area (Å²) in [4.78, 5) is 15.8. The van der Waals surface area contributed by atoms with Crippen LogP contribution in [0.5, 0.6) is 0 Å². The van der Waals surface area contributed by atoms with Gasteiger partial charge < -0.3 is 5.32 Å². The fourth-order valence-corrected chi connectivity index (χ4v) is 4.45. The molecule has 0 saturated heterocycles. The summed E-state index contributed by atoms with van der Waals surface area (Å²) in [7, 11) is 0. The zero-order valence-electron chi connectivity index (χ0n) is 12.9. The zero-order chi connectivity index (χ0) is 15.2. The molecule has 0 radical (unpaired) electrons. The Morgan fingerprint density at radius 3 is 2.81 bits per heavy atom. The minimum Gasteiger partial charge on any atom is -0.352 e. The highest BCUT2D eigenvalue weighted by atomic mass is 79.9. The monoisotopic (exact) mass is 372 g/mol. The van der Waals surface area contributed by atoms with Crippen molar-refractivity contribution < 1.29 is 4.79 Å². The van der Waals surface area contributed by atoms with E-state index in [0.29, 0.717) is 18.5 Å². The first kappa shape index (κ1) is 17.0. The van der Waals surface area contributed by atoms with Crippen LogP contribution in [0.3, 0.4) is 0 Å². The van der Waals surface area contributed by atoms with Crippen molar-refractivity contribution in [3.63, 3.8) is 0 Å². The van der Waals surface area contributed by atoms with Crippen molar-refractivity contribution in [2.45, 2.75) is 52.1 Å². The van der Waals surface area contributed by atoms with E-state index < -0.39 is 0 Å². The number of carbonyl (C=O) groups excluding carboxylic acids is 1. The van der Waals surface area contributed by atoms with Gasteiger partial charge in [0.05, 0.1) is 10.3 Å². The molecule has 0 aromatic carbocycles. The van der Waals surface area contributed by atoms with Crippen LogP contribution in [0, 0.1) is 5.92 Å². The maximum atomic E-state index is 12.3. The van der Waals surface area contributed by atoms with Gasteiger partial charge in [0.1, 0.15) is 0 Å². The lowest BCUT2D eigenvalue weighted by atomic mass is 9.86. The molecule has 0 aliphatic heterocycles. The number of amides is 1. The van der Waals surface area contributed by atoms with Gasteiger partial charge in [0.15, 0.2) is 0 Å². The Kier molecular flexibility index (Phi) is 6.71. The highest BCUT2D eigenvalue weighted by Gasteiger charge is 2.23. The van der Waals surface area contributed by atoms with Gasteiger partial charge in [-0.2, -0.15) is 0 Å². The fourth-order valence-electron chi connectivity index (χ4n) is 2.92. The minimum absolute atomic E-state index is 0.172. The molecule has 1 saturated carbocycles. The molecule has 1 aromatic rings. The maximum Gasteiger partial charge on any atom is 0.234 e. The summed E-state index contributed by atoms with van der Waals surface area (Å²) in [6, 6.07) is 4.57. The van der Waals surface area contributed by atoms with E-state index in [2.05, 4.69) is 52.1 Å². The van der Waals surface area contributed by atoms with Crippen molar-refractivity contribution in [3.05, 3.63) is 20.8 Å². The Morgan fingerprint density at radius 2 is 2.19 bits per heavy atom. The molecule has 1 fully saturated rings. The Balaban J connectivity index is 1.81. The second-order valence-electron chi connectivity index (χ2n) is 5.94. The van der Waals surface area contributed by atoms with Crippen molar-refractivity contribution in [2.75, 3.05) is 13.1 Å². The van der Waals surface area contributed by atoms with Crippen molar-refractivity contribution in [1.29, 1.82) is 0 Å². The van der Waals surface area contributed by atoms with Crippen molar-refractivity contribution in [1.82, 2.24) is 10.2 Å². The molecule has 0 unspecified atom stereocenters. The molecule has 0 spiro atoms. The summed E-state index contributed by atoms with van der Waals surface area (Å²) in [6.45, 7) is 6.60. The van der Waals surface area contributed by atoms with Crippen LogP contribution in [-0.4, -0.2) is 29.9 Å². The van der Waals surface area contributed by atoms with Gasteiger partial charge in [-0.3, -0.25) is 9.69 Å². The number of thiophene rings is 1. The molecular formula is C16H25BrN2OS. The quantitative estimate of drug-likeness (QED) is 0.817. The van der Waals surface area contributed by atoms with E-state index in [1.807, 2.05) is 0 Å². The molecule has 1 aromatic heterocycles. The Bertz CT molecular complexity index is 463. The van der Waals surface area contributed by atoms with Gasteiger partial charge in [0.2, 0.25) is 5.91 Å². The Hall–Kier alpha value is -0.390. The Morgan fingerprint density at radius 1 is 1.43 bits per heavy atom. The summed E-state index contributed by atoms with van der Waals surface area (Å²) in [5.41, 5.74) is 0. The summed E-state index contributed by atoms with van der Waals surface area (Å²) >= 11 is 5.23. The molecule has 3 nitrogen and oxygen atoms in total. The molecule has 1 N–H and O–H groups in total. The SMILES string of the molecule is CCN(CC(=O)N[C@H]1CCCC[C@@H]1C)Cc1ccc(Br)s1. The van der Waals surface area contributed by atoms with E-state index in [4.69, 9.17) is 0 Å². The van der Waals surface area contributed by atoms with Crippen molar-refractivity contribution in [3.8, 4) is 0 Å². The van der Waals surface area contributed by atoms with Gasteiger partial charge in [0.25, 0.3) is 0 Å². The lowest BCUT2D eigenvalue weighted by Gasteiger charge is -2.30. The van der Waals surface area contributed by atoms with Gasteiger partial charge in [0, 0.05) is 17.5 Å². The summed E-state index contributed by atoms with van der Waals surface area (Å²) in [5, 5.41) is 3.24. The first-order valence-electron chi connectivity index (χ1n) is 7.84. The largest absolute Gasteiger partial charge is 0.352 e. The molecule has 1 amide bonds. The van der Waals surface area contributed by atoms with E-state index in [1.54, 1.807) is 11.3 Å². The lowest BCUT2D eigenvalue weighted by Crippen LogP contribution is -2.45. The lowest BCUT2D eigenvalue weighted by molar-refractivity contribution is -0.123. The highest BCUT2D eigenvalue weighted by Crippen LogP contribution is 2.24. The first-order chi connectivity index (χ1) is 10.1. The van der Waals surface area contributed by atoms with Crippen LogP contribution in [0.15, 0.2) is 15.9 Å². The van der Waals surface area contributed by atoms with Crippen LogP contribution < -0.4 is 5.32 Å². The molecule has 21 heavy (non-hydrogen) atoms. The number of nitrogens with one attached hydrogen (secondary N) is 1. The van der Waals surface area contributed by atoms with E-state index >= 15 is 0 Å². The number of nitrogens with zero attached hydrogens (tertiary/aromatic N) is 1. The molecule has 2 atom stereocenters. The first-order valence-corrected chi connectivity index (χ1v) is 9.45. The van der Waals surface area contributed by atoms with E-state index in [-0.39, 0.29) is 5.91 Å². The topological polar surface area (TPSA) is 32.3 Å². The van der Waals surface area contributed by atoms with E-state index in [1.165, 1.54) is 24.1 Å². The molecular weight excluding hydrogens is 348 g/mol. The number of hydrogen-bond donors (Lipinski definition) is 1. The van der Waals surface area contributed by atoms with Gasteiger partial charge in [-0.05, 0) is 53.4 Å². The van der Waals surface area contributed by atoms with Gasteiger partial charge in [-0.25, -0.2) is 0 Å². The normalized spacial score (nSPS) is 22.5. The summed E-state index contributed by atoms with van der Waals surface area (Å²) < 4.78 is 1.15. The number of hydrogen-bond acceptors (Lipinski definition) is 3. The average Bonchev–Trinajstić information content (AvgIpc) is 2.86. The third-order valence-electron chi connectivity index (χ3n) is 4.28. The molecule has 1 aliphatic carbocycles. The average molecular weight is 373 g/mol.